The Bertz CT molecular complexity index is 105. The van der Waals surface area contributed by atoms with Crippen molar-refractivity contribution in [2.75, 3.05) is 18.5 Å². The van der Waals surface area contributed by atoms with E-state index in [9.17, 15) is 0 Å². The number of alkyl halides is 1. The summed E-state index contributed by atoms with van der Waals surface area (Å²) in [6, 6.07) is 0. The highest BCUT2D eigenvalue weighted by atomic mass is 79.9. The standard InChI is InChI=1S/C9H17BrO/c1-2-6-11-8-9(7-10)4-3-5-9/h2-8H2,1H3. The van der Waals surface area contributed by atoms with Crippen LogP contribution in [0.15, 0.2) is 0 Å². The van der Waals surface area contributed by atoms with Crippen molar-refractivity contribution >= 4 is 15.9 Å². The molecular weight excluding hydrogens is 204 g/mol. The molecule has 1 rings (SSSR count). The van der Waals surface area contributed by atoms with Crippen LogP contribution >= 0.6 is 15.9 Å². The van der Waals surface area contributed by atoms with Crippen LogP contribution in [0.5, 0.6) is 0 Å². The Morgan fingerprint density at radius 2 is 2.18 bits per heavy atom. The van der Waals surface area contributed by atoms with Gasteiger partial charge in [-0.1, -0.05) is 29.3 Å². The largest absolute Gasteiger partial charge is 0.381 e. The maximum absolute atomic E-state index is 5.55. The second-order valence-electron chi connectivity index (χ2n) is 3.54. The first-order valence-corrected chi connectivity index (χ1v) is 5.59. The van der Waals surface area contributed by atoms with Gasteiger partial charge < -0.3 is 4.74 Å². The average Bonchev–Trinajstić information content (AvgIpc) is 1.95. The van der Waals surface area contributed by atoms with E-state index in [1.165, 1.54) is 19.3 Å². The second-order valence-corrected chi connectivity index (χ2v) is 4.10. The molecule has 66 valence electrons. The molecule has 0 N–H and O–H groups in total. The number of halogens is 1. The van der Waals surface area contributed by atoms with Crippen molar-refractivity contribution in [3.05, 3.63) is 0 Å². The van der Waals surface area contributed by atoms with Crippen molar-refractivity contribution < 1.29 is 4.74 Å². The number of ether oxygens (including phenoxy) is 1. The van der Waals surface area contributed by atoms with Crippen LogP contribution in [0.4, 0.5) is 0 Å². The summed E-state index contributed by atoms with van der Waals surface area (Å²) in [5.74, 6) is 0. The predicted octanol–water partition coefficient (Wildman–Crippen LogP) is 2.98. The van der Waals surface area contributed by atoms with Gasteiger partial charge in [-0.15, -0.1) is 0 Å². The van der Waals surface area contributed by atoms with Gasteiger partial charge in [0.25, 0.3) is 0 Å². The van der Waals surface area contributed by atoms with E-state index in [0.717, 1.165) is 25.0 Å². The van der Waals surface area contributed by atoms with Gasteiger partial charge in [-0.2, -0.15) is 0 Å². The Hall–Kier alpha value is 0.440. The summed E-state index contributed by atoms with van der Waals surface area (Å²) < 4.78 is 5.55. The zero-order chi connectivity index (χ0) is 8.16. The smallest absolute Gasteiger partial charge is 0.0530 e. The van der Waals surface area contributed by atoms with E-state index in [4.69, 9.17) is 4.74 Å². The molecule has 0 heterocycles. The van der Waals surface area contributed by atoms with Crippen molar-refractivity contribution in [3.8, 4) is 0 Å². The van der Waals surface area contributed by atoms with Crippen LogP contribution in [0.3, 0.4) is 0 Å². The van der Waals surface area contributed by atoms with Crippen molar-refractivity contribution in [1.82, 2.24) is 0 Å². The molecule has 11 heavy (non-hydrogen) atoms. The molecule has 0 spiro atoms. The molecule has 0 radical (unpaired) electrons. The monoisotopic (exact) mass is 220 g/mol. The lowest BCUT2D eigenvalue weighted by Crippen LogP contribution is -2.36. The molecule has 0 aromatic heterocycles. The van der Waals surface area contributed by atoms with Crippen LogP contribution in [-0.2, 0) is 4.74 Å². The van der Waals surface area contributed by atoms with Gasteiger partial charge in [0.15, 0.2) is 0 Å². The summed E-state index contributed by atoms with van der Waals surface area (Å²) in [6.07, 6.45) is 5.23. The van der Waals surface area contributed by atoms with Gasteiger partial charge in [0.05, 0.1) is 6.61 Å². The van der Waals surface area contributed by atoms with E-state index < -0.39 is 0 Å². The van der Waals surface area contributed by atoms with Crippen molar-refractivity contribution in [2.45, 2.75) is 32.6 Å². The first-order valence-electron chi connectivity index (χ1n) is 4.47. The maximum atomic E-state index is 5.55. The third kappa shape index (κ3) is 2.45. The van der Waals surface area contributed by atoms with E-state index in [-0.39, 0.29) is 0 Å². The Kier molecular flexibility index (Phi) is 3.86. The van der Waals surface area contributed by atoms with Crippen molar-refractivity contribution in [1.29, 1.82) is 0 Å². The minimum Gasteiger partial charge on any atom is -0.381 e. The Labute approximate surface area is 77.6 Å². The number of rotatable bonds is 5. The predicted molar refractivity (Wildman–Crippen MR) is 51.2 cm³/mol. The van der Waals surface area contributed by atoms with Gasteiger partial charge >= 0.3 is 0 Å². The summed E-state index contributed by atoms with van der Waals surface area (Å²) in [6.45, 7) is 4.04. The molecule has 0 aromatic rings. The summed E-state index contributed by atoms with van der Waals surface area (Å²) in [5.41, 5.74) is 0.509. The van der Waals surface area contributed by atoms with Gasteiger partial charge in [-0.3, -0.25) is 0 Å². The first-order chi connectivity index (χ1) is 5.33. The topological polar surface area (TPSA) is 9.23 Å². The third-order valence-electron chi connectivity index (χ3n) is 2.45. The van der Waals surface area contributed by atoms with Crippen LogP contribution < -0.4 is 0 Å². The normalized spacial score (nSPS) is 21.3. The average molecular weight is 221 g/mol. The highest BCUT2D eigenvalue weighted by Crippen LogP contribution is 2.42. The van der Waals surface area contributed by atoms with Crippen LogP contribution in [0.2, 0.25) is 0 Å². The van der Waals surface area contributed by atoms with Crippen LogP contribution in [0.1, 0.15) is 32.6 Å². The molecular formula is C9H17BrO. The number of hydrogen-bond donors (Lipinski definition) is 0. The highest BCUT2D eigenvalue weighted by molar-refractivity contribution is 9.09. The van der Waals surface area contributed by atoms with Crippen LogP contribution in [-0.4, -0.2) is 18.5 Å². The molecule has 0 bridgehead atoms. The first kappa shape index (κ1) is 9.53. The molecule has 0 aromatic carbocycles. The molecule has 1 nitrogen and oxygen atoms in total. The molecule has 0 unspecified atom stereocenters. The molecule has 0 amide bonds. The van der Waals surface area contributed by atoms with E-state index >= 15 is 0 Å². The third-order valence-corrected chi connectivity index (χ3v) is 3.64. The lowest BCUT2D eigenvalue weighted by molar-refractivity contribution is 0.0113. The molecule has 2 heteroatoms. The molecule has 0 atom stereocenters. The van der Waals surface area contributed by atoms with Crippen LogP contribution in [0.25, 0.3) is 0 Å². The number of hydrogen-bond acceptors (Lipinski definition) is 1. The Balaban J connectivity index is 2.11. The Morgan fingerprint density at radius 3 is 2.55 bits per heavy atom. The second kappa shape index (κ2) is 4.46. The van der Waals surface area contributed by atoms with Crippen molar-refractivity contribution in [2.24, 2.45) is 5.41 Å². The Morgan fingerprint density at radius 1 is 1.45 bits per heavy atom. The molecule has 1 saturated carbocycles. The lowest BCUT2D eigenvalue weighted by Gasteiger charge is -2.40. The lowest BCUT2D eigenvalue weighted by atomic mass is 9.71. The van der Waals surface area contributed by atoms with Gasteiger partial charge in [-0.05, 0) is 19.3 Å². The molecule has 1 fully saturated rings. The molecule has 0 saturated heterocycles. The van der Waals surface area contributed by atoms with E-state index in [1.807, 2.05) is 0 Å². The summed E-state index contributed by atoms with van der Waals surface area (Å²) in [5, 5.41) is 1.11. The fourth-order valence-electron chi connectivity index (χ4n) is 1.43. The molecule has 1 aliphatic rings. The quantitative estimate of drug-likeness (QED) is 0.512. The fourth-order valence-corrected chi connectivity index (χ4v) is 2.15. The zero-order valence-corrected chi connectivity index (χ0v) is 8.82. The van der Waals surface area contributed by atoms with Gasteiger partial charge in [0, 0.05) is 17.4 Å². The van der Waals surface area contributed by atoms with Gasteiger partial charge in [0.2, 0.25) is 0 Å². The highest BCUT2D eigenvalue weighted by Gasteiger charge is 2.35. The summed E-state index contributed by atoms with van der Waals surface area (Å²) in [7, 11) is 0. The summed E-state index contributed by atoms with van der Waals surface area (Å²) >= 11 is 3.56. The van der Waals surface area contributed by atoms with Crippen LogP contribution in [0, 0.1) is 5.41 Å². The van der Waals surface area contributed by atoms with E-state index in [1.54, 1.807) is 0 Å². The summed E-state index contributed by atoms with van der Waals surface area (Å²) in [4.78, 5) is 0. The zero-order valence-electron chi connectivity index (χ0n) is 7.24. The maximum Gasteiger partial charge on any atom is 0.0530 e. The van der Waals surface area contributed by atoms with E-state index in [0.29, 0.717) is 5.41 Å². The van der Waals surface area contributed by atoms with Gasteiger partial charge in [0.1, 0.15) is 0 Å². The fraction of sp³-hybridized carbons (Fsp3) is 1.00. The minimum absolute atomic E-state index is 0.509. The molecule has 1 aliphatic carbocycles. The van der Waals surface area contributed by atoms with Gasteiger partial charge in [-0.25, -0.2) is 0 Å². The minimum atomic E-state index is 0.509. The SMILES string of the molecule is CCCOCC1(CBr)CCC1. The molecule has 0 aliphatic heterocycles. The van der Waals surface area contributed by atoms with Crippen molar-refractivity contribution in [3.63, 3.8) is 0 Å². The van der Waals surface area contributed by atoms with E-state index in [2.05, 4.69) is 22.9 Å².